The number of amides is 1. The van der Waals surface area contributed by atoms with Crippen molar-refractivity contribution in [2.45, 2.75) is 6.92 Å². The Balaban J connectivity index is 2.09. The van der Waals surface area contributed by atoms with Gasteiger partial charge in [0.05, 0.1) is 22.8 Å². The maximum absolute atomic E-state index is 12.9. The molecule has 0 bridgehead atoms. The standard InChI is InChI=1S/C19H16Br2N2O2/c1-10-7-12(22)9-15(20)17(10)23-19(24)14-8-11-5-3-4-6-13(11)16(21)18(14)25-2/h3-9H,22H2,1-2H3,(H,23,24). The number of aryl methyl sites for hydroxylation is 1. The van der Waals surface area contributed by atoms with E-state index in [0.717, 1.165) is 25.3 Å². The first-order valence-electron chi connectivity index (χ1n) is 7.54. The average molecular weight is 464 g/mol. The predicted octanol–water partition coefficient (Wildman–Crippen LogP) is 5.52. The fourth-order valence-electron chi connectivity index (χ4n) is 2.76. The van der Waals surface area contributed by atoms with Gasteiger partial charge in [-0.15, -0.1) is 0 Å². The van der Waals surface area contributed by atoms with E-state index >= 15 is 0 Å². The van der Waals surface area contributed by atoms with E-state index < -0.39 is 0 Å². The van der Waals surface area contributed by atoms with E-state index in [1.807, 2.05) is 43.3 Å². The molecule has 6 heteroatoms. The second kappa shape index (κ2) is 7.06. The molecule has 0 heterocycles. The molecule has 0 saturated carbocycles. The summed E-state index contributed by atoms with van der Waals surface area (Å²) < 4.78 is 6.97. The van der Waals surface area contributed by atoms with Crippen LogP contribution in [0.2, 0.25) is 0 Å². The number of nitrogens with two attached hydrogens (primary N) is 1. The highest BCUT2D eigenvalue weighted by Gasteiger charge is 2.19. The van der Waals surface area contributed by atoms with Crippen LogP contribution in [-0.2, 0) is 0 Å². The van der Waals surface area contributed by atoms with E-state index in [9.17, 15) is 4.79 Å². The van der Waals surface area contributed by atoms with Gasteiger partial charge < -0.3 is 15.8 Å². The first-order valence-corrected chi connectivity index (χ1v) is 9.13. The fourth-order valence-corrected chi connectivity index (χ4v) is 4.18. The lowest BCUT2D eigenvalue weighted by atomic mass is 10.0. The summed E-state index contributed by atoms with van der Waals surface area (Å²) in [6, 6.07) is 13.2. The fraction of sp³-hybridized carbons (Fsp3) is 0.105. The number of carbonyl (C=O) groups is 1. The summed E-state index contributed by atoms with van der Waals surface area (Å²) >= 11 is 7.01. The van der Waals surface area contributed by atoms with Crippen LogP contribution < -0.4 is 15.8 Å². The Hall–Kier alpha value is -2.05. The van der Waals surface area contributed by atoms with E-state index in [1.54, 1.807) is 13.2 Å². The van der Waals surface area contributed by atoms with Gasteiger partial charge in [-0.3, -0.25) is 4.79 Å². The first kappa shape index (κ1) is 17.8. The Labute approximate surface area is 162 Å². The molecule has 0 aliphatic carbocycles. The lowest BCUT2D eigenvalue weighted by Crippen LogP contribution is -2.15. The maximum atomic E-state index is 12.9. The third-order valence-electron chi connectivity index (χ3n) is 3.94. The molecule has 1 amide bonds. The molecule has 3 N–H and O–H groups in total. The minimum atomic E-state index is -0.253. The maximum Gasteiger partial charge on any atom is 0.259 e. The van der Waals surface area contributed by atoms with Crippen LogP contribution in [0.15, 0.2) is 51.4 Å². The zero-order valence-corrected chi connectivity index (χ0v) is 16.9. The van der Waals surface area contributed by atoms with Gasteiger partial charge in [0.2, 0.25) is 0 Å². The molecule has 3 aromatic carbocycles. The third kappa shape index (κ3) is 3.37. The predicted molar refractivity (Wildman–Crippen MR) is 109 cm³/mol. The molecule has 3 rings (SSSR count). The van der Waals surface area contributed by atoms with Crippen molar-refractivity contribution in [3.8, 4) is 5.75 Å². The molecule has 128 valence electrons. The summed E-state index contributed by atoms with van der Waals surface area (Å²) in [7, 11) is 1.55. The minimum absolute atomic E-state index is 0.253. The van der Waals surface area contributed by atoms with Crippen LogP contribution in [0.25, 0.3) is 10.8 Å². The van der Waals surface area contributed by atoms with Gasteiger partial charge in [0.1, 0.15) is 5.75 Å². The van der Waals surface area contributed by atoms with Gasteiger partial charge in [0, 0.05) is 10.2 Å². The van der Waals surface area contributed by atoms with Crippen LogP contribution in [-0.4, -0.2) is 13.0 Å². The zero-order chi connectivity index (χ0) is 18.1. The molecule has 3 aromatic rings. The van der Waals surface area contributed by atoms with Crippen molar-refractivity contribution in [1.29, 1.82) is 0 Å². The number of halogens is 2. The number of ether oxygens (including phenoxy) is 1. The number of nitrogens with one attached hydrogen (secondary N) is 1. The second-order valence-electron chi connectivity index (χ2n) is 5.64. The van der Waals surface area contributed by atoms with Gasteiger partial charge in [-0.1, -0.05) is 24.3 Å². The van der Waals surface area contributed by atoms with Crippen LogP contribution in [0.3, 0.4) is 0 Å². The van der Waals surface area contributed by atoms with Gasteiger partial charge in [0.25, 0.3) is 5.91 Å². The molecule has 25 heavy (non-hydrogen) atoms. The normalized spacial score (nSPS) is 10.7. The quantitative estimate of drug-likeness (QED) is 0.503. The molecule has 0 aromatic heterocycles. The molecular weight excluding hydrogens is 448 g/mol. The number of methoxy groups -OCH3 is 1. The van der Waals surface area contributed by atoms with Crippen LogP contribution >= 0.6 is 31.9 Å². The van der Waals surface area contributed by atoms with E-state index in [0.29, 0.717) is 22.7 Å². The van der Waals surface area contributed by atoms with Crippen molar-refractivity contribution in [3.05, 3.63) is 62.5 Å². The van der Waals surface area contributed by atoms with Crippen molar-refractivity contribution in [3.63, 3.8) is 0 Å². The van der Waals surface area contributed by atoms with E-state index in [1.165, 1.54) is 0 Å². The van der Waals surface area contributed by atoms with E-state index in [4.69, 9.17) is 10.5 Å². The number of rotatable bonds is 3. The Morgan fingerprint density at radius 3 is 2.56 bits per heavy atom. The van der Waals surface area contributed by atoms with E-state index in [2.05, 4.69) is 37.2 Å². The number of fused-ring (bicyclic) bond motifs is 1. The monoisotopic (exact) mass is 462 g/mol. The SMILES string of the molecule is COc1c(C(=O)Nc2c(C)cc(N)cc2Br)cc2ccccc2c1Br. The summed E-state index contributed by atoms with van der Waals surface area (Å²) in [4.78, 5) is 12.9. The molecule has 0 atom stereocenters. The van der Waals surface area contributed by atoms with Gasteiger partial charge in [-0.05, 0) is 73.3 Å². The Kier molecular flexibility index (Phi) is 5.01. The number of hydrogen-bond donors (Lipinski definition) is 2. The molecule has 0 fully saturated rings. The minimum Gasteiger partial charge on any atom is -0.495 e. The summed E-state index contributed by atoms with van der Waals surface area (Å²) in [6.45, 7) is 1.89. The van der Waals surface area contributed by atoms with Crippen molar-refractivity contribution in [2.24, 2.45) is 0 Å². The summed E-state index contributed by atoms with van der Waals surface area (Å²) in [6.07, 6.45) is 0. The Morgan fingerprint density at radius 1 is 1.16 bits per heavy atom. The second-order valence-corrected chi connectivity index (χ2v) is 7.29. The van der Waals surface area contributed by atoms with Crippen molar-refractivity contribution >= 4 is 59.9 Å². The number of carbonyl (C=O) groups excluding carboxylic acids is 1. The first-order chi connectivity index (χ1) is 11.9. The number of nitrogen functional groups attached to an aromatic ring is 1. The molecule has 0 unspecified atom stereocenters. The van der Waals surface area contributed by atoms with E-state index in [-0.39, 0.29) is 5.91 Å². The third-order valence-corrected chi connectivity index (χ3v) is 5.35. The molecule has 0 saturated heterocycles. The van der Waals surface area contributed by atoms with Crippen molar-refractivity contribution in [2.75, 3.05) is 18.2 Å². The van der Waals surface area contributed by atoms with Gasteiger partial charge in [0.15, 0.2) is 0 Å². The molecule has 4 nitrogen and oxygen atoms in total. The largest absolute Gasteiger partial charge is 0.495 e. The Bertz CT molecular complexity index is 964. The van der Waals surface area contributed by atoms with Crippen LogP contribution in [0, 0.1) is 6.92 Å². The lowest BCUT2D eigenvalue weighted by molar-refractivity contribution is 0.102. The van der Waals surface area contributed by atoms with Crippen LogP contribution in [0.5, 0.6) is 5.75 Å². The number of hydrogen-bond acceptors (Lipinski definition) is 3. The summed E-state index contributed by atoms with van der Waals surface area (Å²) in [5, 5.41) is 4.89. The highest BCUT2D eigenvalue weighted by atomic mass is 79.9. The number of anilines is 2. The molecule has 0 aliphatic heterocycles. The van der Waals surface area contributed by atoms with Gasteiger partial charge in [-0.25, -0.2) is 0 Å². The Morgan fingerprint density at radius 2 is 1.88 bits per heavy atom. The highest BCUT2D eigenvalue weighted by Crippen LogP contribution is 2.37. The van der Waals surface area contributed by atoms with Gasteiger partial charge in [-0.2, -0.15) is 0 Å². The molecule has 0 radical (unpaired) electrons. The van der Waals surface area contributed by atoms with Crippen molar-refractivity contribution in [1.82, 2.24) is 0 Å². The lowest BCUT2D eigenvalue weighted by Gasteiger charge is -2.15. The molecule has 0 aliphatic rings. The van der Waals surface area contributed by atoms with Crippen LogP contribution in [0.4, 0.5) is 11.4 Å². The van der Waals surface area contributed by atoms with Crippen LogP contribution in [0.1, 0.15) is 15.9 Å². The highest BCUT2D eigenvalue weighted by molar-refractivity contribution is 9.11. The zero-order valence-electron chi connectivity index (χ0n) is 13.7. The topological polar surface area (TPSA) is 64.3 Å². The smallest absolute Gasteiger partial charge is 0.259 e. The van der Waals surface area contributed by atoms with Gasteiger partial charge >= 0.3 is 0 Å². The van der Waals surface area contributed by atoms with Crippen molar-refractivity contribution < 1.29 is 9.53 Å². The summed E-state index contributed by atoms with van der Waals surface area (Å²) in [5.41, 5.74) is 8.48. The number of benzene rings is 3. The molecular formula is C19H16Br2N2O2. The summed E-state index contributed by atoms with van der Waals surface area (Å²) in [5.74, 6) is 0.247. The molecule has 0 spiro atoms. The average Bonchev–Trinajstić information content (AvgIpc) is 2.57.